The Morgan fingerprint density at radius 1 is 1.50 bits per heavy atom. The van der Waals surface area contributed by atoms with E-state index >= 15 is 0 Å². The second-order valence-corrected chi connectivity index (χ2v) is 5.64. The van der Waals surface area contributed by atoms with Gasteiger partial charge in [0.2, 0.25) is 0 Å². The van der Waals surface area contributed by atoms with E-state index < -0.39 is 0 Å². The minimum absolute atomic E-state index is 0.0389. The lowest BCUT2D eigenvalue weighted by Crippen LogP contribution is -2.04. The first-order valence-corrected chi connectivity index (χ1v) is 6.79. The van der Waals surface area contributed by atoms with Crippen LogP contribution < -0.4 is 5.73 Å². The first-order valence-electron chi connectivity index (χ1n) is 4.74. The van der Waals surface area contributed by atoms with E-state index in [-0.39, 0.29) is 6.04 Å². The fraction of sp³-hybridized carbons (Fsp3) is 0.182. The van der Waals surface area contributed by atoms with Gasteiger partial charge in [0.05, 0.1) is 5.69 Å². The normalized spacial score (nSPS) is 12.8. The molecule has 1 aromatic carbocycles. The lowest BCUT2D eigenvalue weighted by molar-refractivity contribution is 0.790. The summed E-state index contributed by atoms with van der Waals surface area (Å²) in [5.41, 5.74) is 7.69. The third-order valence-electron chi connectivity index (χ3n) is 2.15. The Hall–Kier alpha value is -0.420. The molecular formula is C11H10BrClN2S. The molecule has 1 atom stereocenters. The Kier molecular flexibility index (Phi) is 3.64. The zero-order chi connectivity index (χ0) is 11.7. The van der Waals surface area contributed by atoms with Crippen LogP contribution in [0.5, 0.6) is 0 Å². The standard InChI is InChI=1S/C11H10BrClN2S/c1-6(14)10-5-16-11(15-10)8-4-7(13)2-3-9(8)12/h2-6H,14H2,1H3. The predicted molar refractivity (Wildman–Crippen MR) is 72.9 cm³/mol. The minimum atomic E-state index is -0.0389. The predicted octanol–water partition coefficient (Wildman–Crippen LogP) is 4.25. The van der Waals surface area contributed by atoms with Crippen LogP contribution in [0.15, 0.2) is 28.1 Å². The average molecular weight is 318 g/mol. The van der Waals surface area contributed by atoms with Crippen molar-refractivity contribution >= 4 is 38.9 Å². The van der Waals surface area contributed by atoms with E-state index in [1.165, 1.54) is 0 Å². The van der Waals surface area contributed by atoms with Crippen LogP contribution in [0.2, 0.25) is 5.02 Å². The number of hydrogen-bond donors (Lipinski definition) is 1. The molecule has 5 heteroatoms. The molecule has 0 aliphatic rings. The lowest BCUT2D eigenvalue weighted by atomic mass is 10.2. The summed E-state index contributed by atoms with van der Waals surface area (Å²) in [5.74, 6) is 0. The Balaban J connectivity index is 2.46. The van der Waals surface area contributed by atoms with E-state index in [9.17, 15) is 0 Å². The summed E-state index contributed by atoms with van der Waals surface area (Å²) in [6.45, 7) is 1.92. The molecule has 0 aliphatic heterocycles. The fourth-order valence-corrected chi connectivity index (χ4v) is 2.97. The summed E-state index contributed by atoms with van der Waals surface area (Å²) in [7, 11) is 0. The molecule has 16 heavy (non-hydrogen) atoms. The largest absolute Gasteiger partial charge is 0.323 e. The molecular weight excluding hydrogens is 308 g/mol. The van der Waals surface area contributed by atoms with Crippen molar-refractivity contribution < 1.29 is 0 Å². The zero-order valence-electron chi connectivity index (χ0n) is 8.58. The number of nitrogens with zero attached hydrogens (tertiary/aromatic N) is 1. The summed E-state index contributed by atoms with van der Waals surface area (Å²) in [6.07, 6.45) is 0. The van der Waals surface area contributed by atoms with E-state index in [2.05, 4.69) is 20.9 Å². The number of thiazole rings is 1. The third kappa shape index (κ3) is 2.46. The van der Waals surface area contributed by atoms with Crippen molar-refractivity contribution in [2.45, 2.75) is 13.0 Å². The number of hydrogen-bond acceptors (Lipinski definition) is 3. The Morgan fingerprint density at radius 3 is 2.88 bits per heavy atom. The summed E-state index contributed by atoms with van der Waals surface area (Å²) < 4.78 is 0.988. The molecule has 84 valence electrons. The molecule has 0 fully saturated rings. The van der Waals surface area contributed by atoms with Gasteiger partial charge in [-0.3, -0.25) is 0 Å². The number of halogens is 2. The Labute approximate surface area is 112 Å². The maximum Gasteiger partial charge on any atom is 0.124 e. The number of benzene rings is 1. The number of nitrogens with two attached hydrogens (primary N) is 1. The summed E-state index contributed by atoms with van der Waals surface area (Å²) in [4.78, 5) is 4.49. The van der Waals surface area contributed by atoms with Crippen molar-refractivity contribution in [1.29, 1.82) is 0 Å². The second kappa shape index (κ2) is 4.84. The van der Waals surface area contributed by atoms with Gasteiger partial charge >= 0.3 is 0 Å². The summed E-state index contributed by atoms with van der Waals surface area (Å²) >= 11 is 11.0. The molecule has 0 bridgehead atoms. The highest BCUT2D eigenvalue weighted by atomic mass is 79.9. The SMILES string of the molecule is CC(N)c1csc(-c2cc(Cl)ccc2Br)n1. The van der Waals surface area contributed by atoms with Crippen LogP contribution in [0, 0.1) is 0 Å². The maximum absolute atomic E-state index is 5.97. The van der Waals surface area contributed by atoms with Crippen LogP contribution >= 0.6 is 38.9 Å². The maximum atomic E-state index is 5.97. The lowest BCUT2D eigenvalue weighted by Gasteiger charge is -2.01. The van der Waals surface area contributed by atoms with E-state index in [0.717, 1.165) is 20.7 Å². The molecule has 2 nitrogen and oxygen atoms in total. The highest BCUT2D eigenvalue weighted by Gasteiger charge is 2.10. The van der Waals surface area contributed by atoms with Gasteiger partial charge in [-0.05, 0) is 25.1 Å². The molecule has 0 saturated carbocycles. The van der Waals surface area contributed by atoms with Gasteiger partial charge < -0.3 is 5.73 Å². The van der Waals surface area contributed by atoms with Crippen LogP contribution in [0.25, 0.3) is 10.6 Å². The van der Waals surface area contributed by atoms with Crippen molar-refractivity contribution in [2.75, 3.05) is 0 Å². The van der Waals surface area contributed by atoms with Crippen molar-refractivity contribution in [3.05, 3.63) is 38.8 Å². The molecule has 0 saturated heterocycles. The topological polar surface area (TPSA) is 38.9 Å². The van der Waals surface area contributed by atoms with Crippen molar-refractivity contribution in [1.82, 2.24) is 4.98 Å². The van der Waals surface area contributed by atoms with Gasteiger partial charge in [0, 0.05) is 26.5 Å². The van der Waals surface area contributed by atoms with Gasteiger partial charge in [0.25, 0.3) is 0 Å². The van der Waals surface area contributed by atoms with E-state index in [1.54, 1.807) is 11.3 Å². The molecule has 2 rings (SSSR count). The van der Waals surface area contributed by atoms with Crippen LogP contribution in [-0.4, -0.2) is 4.98 Å². The molecule has 2 aromatic rings. The molecule has 0 radical (unpaired) electrons. The van der Waals surface area contributed by atoms with Gasteiger partial charge in [-0.2, -0.15) is 0 Å². The molecule has 0 aliphatic carbocycles. The Morgan fingerprint density at radius 2 is 2.25 bits per heavy atom. The van der Waals surface area contributed by atoms with Gasteiger partial charge in [0.1, 0.15) is 5.01 Å². The van der Waals surface area contributed by atoms with Crippen LogP contribution in [0.3, 0.4) is 0 Å². The number of aromatic nitrogens is 1. The highest BCUT2D eigenvalue weighted by Crippen LogP contribution is 2.33. The number of rotatable bonds is 2. The van der Waals surface area contributed by atoms with Gasteiger partial charge in [-0.1, -0.05) is 27.5 Å². The van der Waals surface area contributed by atoms with E-state index in [0.29, 0.717) is 5.02 Å². The van der Waals surface area contributed by atoms with Crippen molar-refractivity contribution in [3.8, 4) is 10.6 Å². The average Bonchev–Trinajstić information content (AvgIpc) is 2.70. The monoisotopic (exact) mass is 316 g/mol. The molecule has 1 aromatic heterocycles. The molecule has 0 amide bonds. The molecule has 1 unspecified atom stereocenters. The van der Waals surface area contributed by atoms with Crippen LogP contribution in [0.4, 0.5) is 0 Å². The third-order valence-corrected chi connectivity index (χ3v) is 3.97. The smallest absolute Gasteiger partial charge is 0.124 e. The Bertz CT molecular complexity index is 510. The van der Waals surface area contributed by atoms with Crippen molar-refractivity contribution in [2.24, 2.45) is 5.73 Å². The minimum Gasteiger partial charge on any atom is -0.323 e. The van der Waals surface area contributed by atoms with Gasteiger partial charge in [0.15, 0.2) is 0 Å². The fourth-order valence-electron chi connectivity index (χ4n) is 1.28. The van der Waals surface area contributed by atoms with Gasteiger partial charge in [-0.15, -0.1) is 11.3 Å². The summed E-state index contributed by atoms with van der Waals surface area (Å²) in [5, 5.41) is 3.62. The van der Waals surface area contributed by atoms with Crippen molar-refractivity contribution in [3.63, 3.8) is 0 Å². The second-order valence-electron chi connectivity index (χ2n) is 3.49. The first kappa shape index (κ1) is 12.0. The summed E-state index contributed by atoms with van der Waals surface area (Å²) in [6, 6.07) is 5.62. The van der Waals surface area contributed by atoms with Crippen LogP contribution in [0.1, 0.15) is 18.7 Å². The first-order chi connectivity index (χ1) is 7.58. The zero-order valence-corrected chi connectivity index (χ0v) is 11.7. The quantitative estimate of drug-likeness (QED) is 0.899. The van der Waals surface area contributed by atoms with Gasteiger partial charge in [-0.25, -0.2) is 4.98 Å². The van der Waals surface area contributed by atoms with E-state index in [4.69, 9.17) is 17.3 Å². The molecule has 1 heterocycles. The molecule has 2 N–H and O–H groups in total. The van der Waals surface area contributed by atoms with Crippen LogP contribution in [-0.2, 0) is 0 Å². The molecule has 0 spiro atoms. The highest BCUT2D eigenvalue weighted by molar-refractivity contribution is 9.10. The van der Waals surface area contributed by atoms with E-state index in [1.807, 2.05) is 30.5 Å².